The molecule has 134 valence electrons. The zero-order valence-corrected chi connectivity index (χ0v) is 15.9. The van der Waals surface area contributed by atoms with Gasteiger partial charge in [-0.15, -0.1) is 11.3 Å². The summed E-state index contributed by atoms with van der Waals surface area (Å²) in [6, 6.07) is 6.20. The molecule has 0 bridgehead atoms. The molecule has 2 heterocycles. The van der Waals surface area contributed by atoms with Crippen LogP contribution in [0.3, 0.4) is 0 Å². The summed E-state index contributed by atoms with van der Waals surface area (Å²) in [7, 11) is 1.79. The van der Waals surface area contributed by atoms with Crippen LogP contribution in [0.1, 0.15) is 38.7 Å². The minimum Gasteiger partial charge on any atom is -0.493 e. The fourth-order valence-electron chi connectivity index (χ4n) is 2.97. The Labute approximate surface area is 152 Å². The number of thiazole rings is 1. The van der Waals surface area contributed by atoms with Crippen LogP contribution >= 0.6 is 11.3 Å². The molecular formula is C19H24N2O3S. The quantitative estimate of drug-likeness (QED) is 0.806. The van der Waals surface area contributed by atoms with E-state index >= 15 is 0 Å². The van der Waals surface area contributed by atoms with E-state index in [1.165, 1.54) is 0 Å². The standard InChI is InChI=1S/C19H24N2O3S/c1-19(2,3)24-18(22)21(4)11-13-8-9-23-17-14(13)6-5-7-15(17)16-10-20-12-25-16/h5-7,10,12-13H,8-9,11H2,1-4H3/t13-/m0/s1. The van der Waals surface area contributed by atoms with Gasteiger partial charge < -0.3 is 14.4 Å². The van der Waals surface area contributed by atoms with E-state index in [4.69, 9.17) is 9.47 Å². The van der Waals surface area contributed by atoms with Crippen molar-refractivity contribution in [3.63, 3.8) is 0 Å². The molecule has 0 N–H and O–H groups in total. The Kier molecular flexibility index (Phi) is 4.99. The summed E-state index contributed by atoms with van der Waals surface area (Å²) in [4.78, 5) is 19.2. The van der Waals surface area contributed by atoms with E-state index < -0.39 is 5.60 Å². The van der Waals surface area contributed by atoms with Gasteiger partial charge in [0.15, 0.2) is 0 Å². The van der Waals surface area contributed by atoms with E-state index in [1.54, 1.807) is 23.3 Å². The second kappa shape index (κ2) is 7.04. The molecule has 1 aromatic heterocycles. The maximum absolute atomic E-state index is 12.3. The molecule has 0 saturated heterocycles. The molecule has 6 heteroatoms. The van der Waals surface area contributed by atoms with Gasteiger partial charge in [0, 0.05) is 31.3 Å². The highest BCUT2D eigenvalue weighted by atomic mass is 32.1. The number of nitrogens with zero attached hydrogens (tertiary/aromatic N) is 2. The maximum atomic E-state index is 12.3. The van der Waals surface area contributed by atoms with Gasteiger partial charge in [0.05, 0.1) is 17.0 Å². The van der Waals surface area contributed by atoms with Crippen LogP contribution in [-0.2, 0) is 4.74 Å². The number of benzene rings is 1. The highest BCUT2D eigenvalue weighted by Gasteiger charge is 2.28. The third-order valence-electron chi connectivity index (χ3n) is 4.10. The van der Waals surface area contributed by atoms with Gasteiger partial charge in [-0.25, -0.2) is 4.79 Å². The topological polar surface area (TPSA) is 51.7 Å². The SMILES string of the molecule is CN(C[C@@H]1CCOc2c(-c3cncs3)cccc21)C(=O)OC(C)(C)C. The van der Waals surface area contributed by atoms with Crippen LogP contribution in [0.4, 0.5) is 4.79 Å². The summed E-state index contributed by atoms with van der Waals surface area (Å²) in [6.07, 6.45) is 2.45. The van der Waals surface area contributed by atoms with Crippen molar-refractivity contribution >= 4 is 17.4 Å². The number of rotatable bonds is 3. The number of likely N-dealkylation sites (N-methyl/N-ethyl adjacent to an activating group) is 1. The lowest BCUT2D eigenvalue weighted by Crippen LogP contribution is -2.37. The second-order valence-electron chi connectivity index (χ2n) is 7.28. The lowest BCUT2D eigenvalue weighted by atomic mass is 9.90. The highest BCUT2D eigenvalue weighted by Crippen LogP contribution is 2.42. The molecule has 0 fully saturated rings. The zero-order chi connectivity index (χ0) is 18.0. The van der Waals surface area contributed by atoms with Crippen molar-refractivity contribution in [3.05, 3.63) is 35.5 Å². The minimum atomic E-state index is -0.488. The van der Waals surface area contributed by atoms with Crippen molar-refractivity contribution in [2.75, 3.05) is 20.2 Å². The lowest BCUT2D eigenvalue weighted by Gasteiger charge is -2.31. The van der Waals surface area contributed by atoms with Crippen LogP contribution in [-0.4, -0.2) is 41.8 Å². The molecule has 0 unspecified atom stereocenters. The van der Waals surface area contributed by atoms with Crippen molar-refractivity contribution in [2.45, 2.75) is 38.7 Å². The summed E-state index contributed by atoms with van der Waals surface area (Å²) < 4.78 is 11.4. The van der Waals surface area contributed by atoms with Crippen LogP contribution in [0.2, 0.25) is 0 Å². The Morgan fingerprint density at radius 2 is 2.24 bits per heavy atom. The highest BCUT2D eigenvalue weighted by molar-refractivity contribution is 7.13. The Balaban J connectivity index is 1.80. The van der Waals surface area contributed by atoms with E-state index in [0.717, 1.165) is 28.2 Å². The molecule has 0 spiro atoms. The number of amides is 1. The Hall–Kier alpha value is -2.08. The number of fused-ring (bicyclic) bond motifs is 1. The summed E-state index contributed by atoms with van der Waals surface area (Å²) >= 11 is 1.60. The van der Waals surface area contributed by atoms with Crippen LogP contribution in [0, 0.1) is 0 Å². The van der Waals surface area contributed by atoms with Gasteiger partial charge in [0.2, 0.25) is 0 Å². The number of hydrogen-bond acceptors (Lipinski definition) is 5. The van der Waals surface area contributed by atoms with Gasteiger partial charge in [0.1, 0.15) is 11.4 Å². The predicted molar refractivity (Wildman–Crippen MR) is 99.3 cm³/mol. The van der Waals surface area contributed by atoms with Gasteiger partial charge in [-0.2, -0.15) is 0 Å². The predicted octanol–water partition coefficient (Wildman–Crippen LogP) is 4.54. The molecule has 0 radical (unpaired) electrons. The lowest BCUT2D eigenvalue weighted by molar-refractivity contribution is 0.0281. The van der Waals surface area contributed by atoms with E-state index in [-0.39, 0.29) is 12.0 Å². The number of ether oxygens (including phenoxy) is 2. The van der Waals surface area contributed by atoms with E-state index in [0.29, 0.717) is 13.2 Å². The largest absolute Gasteiger partial charge is 0.493 e. The first-order valence-electron chi connectivity index (χ1n) is 8.44. The maximum Gasteiger partial charge on any atom is 0.410 e. The van der Waals surface area contributed by atoms with Crippen molar-refractivity contribution < 1.29 is 14.3 Å². The van der Waals surface area contributed by atoms with Crippen molar-refractivity contribution in [1.29, 1.82) is 0 Å². The van der Waals surface area contributed by atoms with Gasteiger partial charge in [-0.05, 0) is 38.8 Å². The number of carbonyl (C=O) groups is 1. The summed E-state index contributed by atoms with van der Waals surface area (Å²) in [6.45, 7) is 6.89. The van der Waals surface area contributed by atoms with E-state index in [9.17, 15) is 4.79 Å². The fraction of sp³-hybridized carbons (Fsp3) is 0.474. The minimum absolute atomic E-state index is 0.231. The Morgan fingerprint density at radius 1 is 1.44 bits per heavy atom. The van der Waals surface area contributed by atoms with Gasteiger partial charge >= 0.3 is 6.09 Å². The third-order valence-corrected chi connectivity index (χ3v) is 4.90. The first kappa shape index (κ1) is 17.7. The molecule has 1 amide bonds. The molecular weight excluding hydrogens is 336 g/mol. The number of para-hydroxylation sites is 1. The molecule has 0 saturated carbocycles. The summed E-state index contributed by atoms with van der Waals surface area (Å²) in [5.41, 5.74) is 3.56. The van der Waals surface area contributed by atoms with Crippen molar-refractivity contribution in [1.82, 2.24) is 9.88 Å². The smallest absolute Gasteiger partial charge is 0.410 e. The molecule has 3 rings (SSSR count). The molecule has 1 atom stereocenters. The Morgan fingerprint density at radius 3 is 2.92 bits per heavy atom. The van der Waals surface area contributed by atoms with Gasteiger partial charge in [-0.3, -0.25) is 4.98 Å². The molecule has 1 aromatic carbocycles. The number of aromatic nitrogens is 1. The molecule has 1 aliphatic rings. The summed E-state index contributed by atoms with van der Waals surface area (Å²) in [5.74, 6) is 1.15. The van der Waals surface area contributed by atoms with Crippen LogP contribution < -0.4 is 4.74 Å². The van der Waals surface area contributed by atoms with Gasteiger partial charge in [0.25, 0.3) is 0 Å². The molecule has 1 aliphatic heterocycles. The van der Waals surface area contributed by atoms with Crippen molar-refractivity contribution in [2.24, 2.45) is 0 Å². The first-order chi connectivity index (χ1) is 11.8. The van der Waals surface area contributed by atoms with Crippen molar-refractivity contribution in [3.8, 4) is 16.2 Å². The van der Waals surface area contributed by atoms with Crippen LogP contribution in [0.5, 0.6) is 5.75 Å². The average molecular weight is 360 g/mol. The van der Waals surface area contributed by atoms with E-state index in [2.05, 4.69) is 17.1 Å². The third kappa shape index (κ3) is 4.12. The molecule has 0 aliphatic carbocycles. The normalized spacial score (nSPS) is 16.7. The number of hydrogen-bond donors (Lipinski definition) is 0. The fourth-order valence-corrected chi connectivity index (χ4v) is 3.62. The second-order valence-corrected chi connectivity index (χ2v) is 8.17. The number of carbonyl (C=O) groups excluding carboxylic acids is 1. The summed E-state index contributed by atoms with van der Waals surface area (Å²) in [5, 5.41) is 0. The van der Waals surface area contributed by atoms with Gasteiger partial charge in [-0.1, -0.05) is 12.1 Å². The van der Waals surface area contributed by atoms with Crippen LogP contribution in [0.25, 0.3) is 10.4 Å². The first-order valence-corrected chi connectivity index (χ1v) is 9.32. The zero-order valence-electron chi connectivity index (χ0n) is 15.1. The average Bonchev–Trinajstić information content (AvgIpc) is 3.07. The molecule has 2 aromatic rings. The molecule has 5 nitrogen and oxygen atoms in total. The monoisotopic (exact) mass is 360 g/mol. The van der Waals surface area contributed by atoms with Crippen LogP contribution in [0.15, 0.2) is 29.9 Å². The van der Waals surface area contributed by atoms with E-state index in [1.807, 2.05) is 38.5 Å². The Bertz CT molecular complexity index is 738. The molecule has 25 heavy (non-hydrogen) atoms.